The van der Waals surface area contributed by atoms with Crippen molar-refractivity contribution < 1.29 is 0 Å². The molecular formula is C10H24N2. The van der Waals surface area contributed by atoms with Crippen molar-refractivity contribution in [3.8, 4) is 0 Å². The summed E-state index contributed by atoms with van der Waals surface area (Å²) in [6.07, 6.45) is 1.24. The maximum atomic E-state index is 3.20. The molecule has 0 rings (SSSR count). The zero-order valence-electron chi connectivity index (χ0n) is 9.22. The Morgan fingerprint density at radius 1 is 1.33 bits per heavy atom. The molecule has 0 aromatic carbocycles. The average Bonchev–Trinajstić information content (AvgIpc) is 2.03. The van der Waals surface area contributed by atoms with Gasteiger partial charge in [-0.2, -0.15) is 0 Å². The summed E-state index contributed by atoms with van der Waals surface area (Å²) in [7, 11) is 4.22. The molecule has 0 bridgehead atoms. The molecule has 0 saturated carbocycles. The summed E-state index contributed by atoms with van der Waals surface area (Å²) in [6, 6.07) is 0.712. The first-order chi connectivity index (χ1) is 5.61. The standard InChI is InChI=1S/C10H24N2/c1-6-10(3)12(5)8-9(2)7-11-4/h9-11H,6-8H2,1-5H3. The van der Waals surface area contributed by atoms with Crippen molar-refractivity contribution in [1.82, 2.24) is 10.2 Å². The van der Waals surface area contributed by atoms with Gasteiger partial charge in [-0.15, -0.1) is 0 Å². The highest BCUT2D eigenvalue weighted by molar-refractivity contribution is 4.65. The van der Waals surface area contributed by atoms with E-state index in [1.165, 1.54) is 13.0 Å². The highest BCUT2D eigenvalue weighted by atomic mass is 15.1. The minimum Gasteiger partial charge on any atom is -0.319 e. The van der Waals surface area contributed by atoms with Crippen molar-refractivity contribution in [3.63, 3.8) is 0 Å². The number of nitrogens with one attached hydrogen (secondary N) is 1. The Bertz CT molecular complexity index is 104. The van der Waals surface area contributed by atoms with Crippen molar-refractivity contribution in [3.05, 3.63) is 0 Å². The van der Waals surface area contributed by atoms with E-state index in [0.29, 0.717) is 6.04 Å². The number of hydrogen-bond donors (Lipinski definition) is 1. The van der Waals surface area contributed by atoms with Gasteiger partial charge < -0.3 is 10.2 Å². The third kappa shape index (κ3) is 4.73. The lowest BCUT2D eigenvalue weighted by Crippen LogP contribution is -2.35. The Morgan fingerprint density at radius 2 is 1.92 bits per heavy atom. The zero-order chi connectivity index (χ0) is 9.56. The van der Waals surface area contributed by atoms with Crippen molar-refractivity contribution in [1.29, 1.82) is 0 Å². The van der Waals surface area contributed by atoms with Gasteiger partial charge in [-0.05, 0) is 39.9 Å². The molecule has 0 amide bonds. The third-order valence-electron chi connectivity index (χ3n) is 2.50. The van der Waals surface area contributed by atoms with E-state index in [1.807, 2.05) is 7.05 Å². The van der Waals surface area contributed by atoms with Crippen LogP contribution in [-0.2, 0) is 0 Å². The van der Waals surface area contributed by atoms with Gasteiger partial charge >= 0.3 is 0 Å². The Hall–Kier alpha value is -0.0800. The fourth-order valence-corrected chi connectivity index (χ4v) is 1.40. The number of nitrogens with zero attached hydrogens (tertiary/aromatic N) is 1. The molecule has 0 spiro atoms. The first kappa shape index (κ1) is 11.9. The Labute approximate surface area is 77.3 Å². The molecule has 0 fully saturated rings. The largest absolute Gasteiger partial charge is 0.319 e. The van der Waals surface area contributed by atoms with Gasteiger partial charge in [0.15, 0.2) is 0 Å². The predicted octanol–water partition coefficient (Wildman–Crippen LogP) is 1.57. The second-order valence-corrected chi connectivity index (χ2v) is 3.86. The zero-order valence-corrected chi connectivity index (χ0v) is 9.22. The van der Waals surface area contributed by atoms with E-state index >= 15 is 0 Å². The first-order valence-corrected chi connectivity index (χ1v) is 4.96. The molecule has 0 aliphatic heterocycles. The van der Waals surface area contributed by atoms with Gasteiger partial charge in [0.05, 0.1) is 0 Å². The Balaban J connectivity index is 3.59. The molecule has 0 radical (unpaired) electrons. The van der Waals surface area contributed by atoms with Crippen LogP contribution in [-0.4, -0.2) is 38.1 Å². The summed E-state index contributed by atoms with van der Waals surface area (Å²) in [5, 5.41) is 3.20. The molecule has 0 aromatic rings. The van der Waals surface area contributed by atoms with Crippen LogP contribution in [0.2, 0.25) is 0 Å². The van der Waals surface area contributed by atoms with Crippen LogP contribution in [0.3, 0.4) is 0 Å². The Kier molecular flexibility index (Phi) is 6.39. The van der Waals surface area contributed by atoms with E-state index in [4.69, 9.17) is 0 Å². The van der Waals surface area contributed by atoms with Crippen LogP contribution in [0.1, 0.15) is 27.2 Å². The summed E-state index contributed by atoms with van der Waals surface area (Å²) < 4.78 is 0. The van der Waals surface area contributed by atoms with Gasteiger partial charge in [0.25, 0.3) is 0 Å². The maximum absolute atomic E-state index is 3.20. The molecule has 2 atom stereocenters. The van der Waals surface area contributed by atoms with Crippen molar-refractivity contribution >= 4 is 0 Å². The second-order valence-electron chi connectivity index (χ2n) is 3.86. The minimum absolute atomic E-state index is 0.712. The summed E-state index contributed by atoms with van der Waals surface area (Å²) in [5.41, 5.74) is 0. The molecule has 2 unspecified atom stereocenters. The summed E-state index contributed by atoms with van der Waals surface area (Å²) in [5.74, 6) is 0.744. The topological polar surface area (TPSA) is 15.3 Å². The van der Waals surface area contributed by atoms with Crippen LogP contribution >= 0.6 is 0 Å². The van der Waals surface area contributed by atoms with Crippen molar-refractivity contribution in [2.75, 3.05) is 27.2 Å². The summed E-state index contributed by atoms with van der Waals surface area (Å²) in [6.45, 7) is 9.11. The smallest absolute Gasteiger partial charge is 0.00613 e. The molecule has 1 N–H and O–H groups in total. The van der Waals surface area contributed by atoms with Crippen molar-refractivity contribution in [2.45, 2.75) is 33.2 Å². The molecule has 74 valence electrons. The van der Waals surface area contributed by atoms with E-state index < -0.39 is 0 Å². The molecule has 2 nitrogen and oxygen atoms in total. The normalized spacial score (nSPS) is 16.5. The van der Waals surface area contributed by atoms with E-state index in [1.54, 1.807) is 0 Å². The first-order valence-electron chi connectivity index (χ1n) is 4.96. The predicted molar refractivity (Wildman–Crippen MR) is 55.5 cm³/mol. The number of hydrogen-bond acceptors (Lipinski definition) is 2. The monoisotopic (exact) mass is 172 g/mol. The van der Waals surface area contributed by atoms with Crippen LogP contribution in [0.15, 0.2) is 0 Å². The molecule has 0 aliphatic carbocycles. The second kappa shape index (κ2) is 6.44. The molecule has 0 aromatic heterocycles. The van der Waals surface area contributed by atoms with Gasteiger partial charge in [0.2, 0.25) is 0 Å². The van der Waals surface area contributed by atoms with Crippen LogP contribution < -0.4 is 5.32 Å². The molecule has 12 heavy (non-hydrogen) atoms. The minimum atomic E-state index is 0.712. The maximum Gasteiger partial charge on any atom is 0.00613 e. The van der Waals surface area contributed by atoms with E-state index in [0.717, 1.165) is 12.5 Å². The lowest BCUT2D eigenvalue weighted by Gasteiger charge is -2.26. The van der Waals surface area contributed by atoms with Crippen LogP contribution in [0.25, 0.3) is 0 Å². The molecule has 0 aliphatic rings. The van der Waals surface area contributed by atoms with E-state index in [-0.39, 0.29) is 0 Å². The Morgan fingerprint density at radius 3 is 2.33 bits per heavy atom. The number of rotatable bonds is 6. The highest BCUT2D eigenvalue weighted by Crippen LogP contribution is 2.03. The van der Waals surface area contributed by atoms with Gasteiger partial charge in [-0.25, -0.2) is 0 Å². The summed E-state index contributed by atoms with van der Waals surface area (Å²) in [4.78, 5) is 2.43. The van der Waals surface area contributed by atoms with Gasteiger partial charge in [0, 0.05) is 12.6 Å². The van der Waals surface area contributed by atoms with Gasteiger partial charge in [-0.3, -0.25) is 0 Å². The van der Waals surface area contributed by atoms with Crippen LogP contribution in [0.5, 0.6) is 0 Å². The quantitative estimate of drug-likeness (QED) is 0.654. The SMILES string of the molecule is CCC(C)N(C)CC(C)CNC. The lowest BCUT2D eigenvalue weighted by molar-refractivity contribution is 0.218. The van der Waals surface area contributed by atoms with Gasteiger partial charge in [0.1, 0.15) is 0 Å². The van der Waals surface area contributed by atoms with Crippen molar-refractivity contribution in [2.24, 2.45) is 5.92 Å². The fraction of sp³-hybridized carbons (Fsp3) is 1.00. The molecule has 0 saturated heterocycles. The third-order valence-corrected chi connectivity index (χ3v) is 2.50. The van der Waals surface area contributed by atoms with E-state index in [2.05, 4.69) is 38.0 Å². The fourth-order valence-electron chi connectivity index (χ4n) is 1.40. The van der Waals surface area contributed by atoms with E-state index in [9.17, 15) is 0 Å². The van der Waals surface area contributed by atoms with Crippen LogP contribution in [0, 0.1) is 5.92 Å². The highest BCUT2D eigenvalue weighted by Gasteiger charge is 2.09. The molecule has 2 heteroatoms. The van der Waals surface area contributed by atoms with Gasteiger partial charge in [-0.1, -0.05) is 13.8 Å². The average molecular weight is 172 g/mol. The van der Waals surface area contributed by atoms with Crippen LogP contribution in [0.4, 0.5) is 0 Å². The molecular weight excluding hydrogens is 148 g/mol. The summed E-state index contributed by atoms with van der Waals surface area (Å²) >= 11 is 0. The lowest BCUT2D eigenvalue weighted by atomic mass is 10.1. The molecule has 0 heterocycles.